The summed E-state index contributed by atoms with van der Waals surface area (Å²) in [4.78, 5) is 25.0. The Kier molecular flexibility index (Phi) is 13.1. The van der Waals surface area contributed by atoms with Gasteiger partial charge in [0.1, 0.15) is 0 Å². The fourth-order valence-electron chi connectivity index (χ4n) is 5.66. The molecule has 0 saturated heterocycles. The van der Waals surface area contributed by atoms with Crippen molar-refractivity contribution in [2.24, 2.45) is 11.8 Å². The Balaban J connectivity index is 0.000000670. The highest BCUT2D eigenvalue weighted by atomic mass is 16.1. The third-order valence-electron chi connectivity index (χ3n) is 7.41. The molecule has 3 aromatic rings. The molecule has 37 heavy (non-hydrogen) atoms. The van der Waals surface area contributed by atoms with E-state index in [1.165, 1.54) is 36.0 Å². The molecule has 6 heteroatoms. The van der Waals surface area contributed by atoms with E-state index < -0.39 is 0 Å². The number of isocyanates is 3. The van der Waals surface area contributed by atoms with Gasteiger partial charge in [-0.05, 0) is 47.8 Å². The Morgan fingerprint density at radius 2 is 1.00 bits per heavy atom. The molecular formula is C31H35N3O3. The van der Waals surface area contributed by atoms with Crippen molar-refractivity contribution in [1.82, 2.24) is 0 Å². The molecule has 0 aliphatic heterocycles. The molecule has 3 N–H and O–H groups in total. The van der Waals surface area contributed by atoms with Crippen LogP contribution in [0.2, 0.25) is 0 Å². The zero-order valence-corrected chi connectivity index (χ0v) is 21.7. The van der Waals surface area contributed by atoms with E-state index in [4.69, 9.17) is 30.6 Å². The van der Waals surface area contributed by atoms with Crippen molar-refractivity contribution in [2.45, 2.75) is 50.9 Å². The molecule has 0 aromatic heterocycles. The molecule has 0 bridgehead atoms. The van der Waals surface area contributed by atoms with Gasteiger partial charge in [0.2, 0.25) is 18.2 Å². The predicted octanol–water partition coefficient (Wildman–Crippen LogP) is 7.09. The first-order valence-corrected chi connectivity index (χ1v) is 12.1. The van der Waals surface area contributed by atoms with Crippen molar-refractivity contribution < 1.29 is 14.4 Å². The van der Waals surface area contributed by atoms with Crippen molar-refractivity contribution in [2.75, 3.05) is 0 Å². The number of hydrogen-bond donors (Lipinski definition) is 3. The lowest BCUT2D eigenvalue weighted by Crippen LogP contribution is -2.53. The fourth-order valence-corrected chi connectivity index (χ4v) is 5.66. The Hall–Kier alpha value is -4.20. The normalized spacial score (nSPS) is 19.0. The maximum absolute atomic E-state index is 8.35. The van der Waals surface area contributed by atoms with E-state index in [-0.39, 0.29) is 10.8 Å². The van der Waals surface area contributed by atoms with Crippen LogP contribution in [0.3, 0.4) is 0 Å². The molecule has 1 aliphatic carbocycles. The van der Waals surface area contributed by atoms with Crippen LogP contribution in [0.1, 0.15) is 56.7 Å². The summed E-state index contributed by atoms with van der Waals surface area (Å²) < 4.78 is 0. The van der Waals surface area contributed by atoms with Crippen molar-refractivity contribution in [3.8, 4) is 0 Å². The van der Waals surface area contributed by atoms with E-state index in [1.807, 2.05) is 0 Å². The lowest BCUT2D eigenvalue weighted by molar-refractivity contribution is 0.117. The maximum Gasteiger partial charge on any atom is 0.231 e. The highest BCUT2D eigenvalue weighted by Crippen LogP contribution is 2.59. The minimum absolute atomic E-state index is 0.0237. The standard InChI is InChI=1S/C28H32.3CHNO/c1-22(2)23-19-20-27(3,24-13-7-4-8-14-24)28(21-23,25-15-9-5-10-16-25)26-17-11-6-12-18-26;3*2-1-3/h4-18,22-23H,19-21H2,1-3H3;3*2H. The van der Waals surface area contributed by atoms with Crippen LogP contribution in [0.5, 0.6) is 0 Å². The molecule has 2 atom stereocenters. The van der Waals surface area contributed by atoms with Gasteiger partial charge in [-0.25, -0.2) is 30.6 Å². The number of nitrogens with one attached hydrogen (secondary N) is 3. The van der Waals surface area contributed by atoms with Crippen LogP contribution in [0, 0.1) is 28.1 Å². The van der Waals surface area contributed by atoms with Crippen LogP contribution in [0.15, 0.2) is 91.0 Å². The van der Waals surface area contributed by atoms with Crippen LogP contribution >= 0.6 is 0 Å². The average Bonchev–Trinajstić information content (AvgIpc) is 2.92. The summed E-state index contributed by atoms with van der Waals surface area (Å²) in [7, 11) is 0. The van der Waals surface area contributed by atoms with Gasteiger partial charge in [-0.2, -0.15) is 0 Å². The van der Waals surface area contributed by atoms with Crippen LogP contribution in [0.4, 0.5) is 0 Å². The van der Waals surface area contributed by atoms with E-state index >= 15 is 0 Å². The molecular weight excluding hydrogens is 462 g/mol. The Bertz CT molecular complexity index is 1090. The van der Waals surface area contributed by atoms with Gasteiger partial charge in [0.05, 0.1) is 0 Å². The molecule has 3 aromatic carbocycles. The number of rotatable bonds is 4. The highest BCUT2D eigenvalue weighted by molar-refractivity contribution is 5.49. The highest BCUT2D eigenvalue weighted by Gasteiger charge is 2.54. The van der Waals surface area contributed by atoms with Crippen LogP contribution in [-0.4, -0.2) is 18.2 Å². The summed E-state index contributed by atoms with van der Waals surface area (Å²) in [5.74, 6) is 1.43. The Morgan fingerprint density at radius 3 is 1.32 bits per heavy atom. The predicted molar refractivity (Wildman–Crippen MR) is 145 cm³/mol. The second-order valence-electron chi connectivity index (χ2n) is 9.39. The van der Waals surface area contributed by atoms with Crippen molar-refractivity contribution >= 4 is 18.2 Å². The minimum atomic E-state index is -0.0237. The monoisotopic (exact) mass is 497 g/mol. The second kappa shape index (κ2) is 15.7. The molecule has 2 unspecified atom stereocenters. The number of carbonyl (C=O) groups excluding carboxylic acids is 3. The van der Waals surface area contributed by atoms with Gasteiger partial charge < -0.3 is 0 Å². The van der Waals surface area contributed by atoms with Crippen molar-refractivity contribution in [1.29, 1.82) is 16.2 Å². The first-order chi connectivity index (χ1) is 17.8. The zero-order chi connectivity index (χ0) is 27.7. The van der Waals surface area contributed by atoms with E-state index in [1.54, 1.807) is 0 Å². The largest absolute Gasteiger partial charge is 0.231 e. The minimum Gasteiger partial charge on any atom is -0.222 e. The zero-order valence-electron chi connectivity index (χ0n) is 21.7. The van der Waals surface area contributed by atoms with Crippen LogP contribution < -0.4 is 0 Å². The smallest absolute Gasteiger partial charge is 0.222 e. The van der Waals surface area contributed by atoms with E-state index in [0.717, 1.165) is 24.2 Å². The van der Waals surface area contributed by atoms with Gasteiger partial charge >= 0.3 is 0 Å². The SMILES string of the molecule is CC(C)C1CCC(C)(c2ccccc2)C(c2ccccc2)(c2ccccc2)C1.N=C=O.N=C=O.N=C=O. The summed E-state index contributed by atoms with van der Waals surface area (Å²) in [5, 5.41) is 16.2. The van der Waals surface area contributed by atoms with Gasteiger partial charge in [-0.1, -0.05) is 112 Å². The van der Waals surface area contributed by atoms with Gasteiger partial charge in [0.15, 0.2) is 0 Å². The number of hydrogen-bond acceptors (Lipinski definition) is 6. The topological polar surface area (TPSA) is 123 Å². The molecule has 1 saturated carbocycles. The van der Waals surface area contributed by atoms with Crippen molar-refractivity contribution in [3.63, 3.8) is 0 Å². The van der Waals surface area contributed by atoms with Gasteiger partial charge in [-0.15, -0.1) is 0 Å². The quantitative estimate of drug-likeness (QED) is 0.263. The molecule has 0 amide bonds. The molecule has 4 rings (SSSR count). The molecule has 192 valence electrons. The molecule has 0 spiro atoms. The second-order valence-corrected chi connectivity index (χ2v) is 9.39. The first kappa shape index (κ1) is 30.8. The van der Waals surface area contributed by atoms with E-state index in [9.17, 15) is 0 Å². The van der Waals surface area contributed by atoms with Crippen molar-refractivity contribution in [3.05, 3.63) is 108 Å². The van der Waals surface area contributed by atoms with Gasteiger partial charge in [0, 0.05) is 10.8 Å². The number of benzene rings is 3. The van der Waals surface area contributed by atoms with E-state index in [0.29, 0.717) is 5.92 Å². The summed E-state index contributed by atoms with van der Waals surface area (Å²) in [5.41, 5.74) is 4.41. The molecule has 0 heterocycles. The van der Waals surface area contributed by atoms with Crippen LogP contribution in [0.25, 0.3) is 0 Å². The third kappa shape index (κ3) is 7.39. The van der Waals surface area contributed by atoms with Gasteiger partial charge in [-0.3, -0.25) is 0 Å². The van der Waals surface area contributed by atoms with Gasteiger partial charge in [0.25, 0.3) is 0 Å². The maximum atomic E-state index is 8.35. The van der Waals surface area contributed by atoms with E-state index in [2.05, 4.69) is 112 Å². The lowest BCUT2D eigenvalue weighted by Gasteiger charge is -2.56. The van der Waals surface area contributed by atoms with Crippen LogP contribution in [-0.2, 0) is 25.2 Å². The fraction of sp³-hybridized carbons (Fsp3) is 0.323. The first-order valence-electron chi connectivity index (χ1n) is 12.1. The molecule has 1 aliphatic rings. The molecule has 1 fully saturated rings. The third-order valence-corrected chi connectivity index (χ3v) is 7.41. The average molecular weight is 498 g/mol. The molecule has 6 nitrogen and oxygen atoms in total. The molecule has 0 radical (unpaired) electrons. The summed E-state index contributed by atoms with van der Waals surface area (Å²) in [6, 6.07) is 33.8. The lowest BCUT2D eigenvalue weighted by atomic mass is 9.47. The summed E-state index contributed by atoms with van der Waals surface area (Å²) in [6.45, 7) is 7.31. The summed E-state index contributed by atoms with van der Waals surface area (Å²) in [6.07, 6.45) is 5.96. The Morgan fingerprint density at radius 1 is 0.676 bits per heavy atom. The Labute approximate surface area is 219 Å². The summed E-state index contributed by atoms with van der Waals surface area (Å²) >= 11 is 0.